The monoisotopic (exact) mass is 314 g/mol. The minimum absolute atomic E-state index is 0.338. The maximum Gasteiger partial charge on any atom is 0.412 e. The van der Waals surface area contributed by atoms with Crippen molar-refractivity contribution in [2.75, 3.05) is 31.6 Å². The Morgan fingerprint density at radius 3 is 3.00 bits per heavy atom. The molecule has 0 spiro atoms. The van der Waals surface area contributed by atoms with Gasteiger partial charge in [-0.2, -0.15) is 0 Å². The topological polar surface area (TPSA) is 70.2 Å². The minimum Gasteiger partial charge on any atom is -0.450 e. The van der Waals surface area contributed by atoms with E-state index < -0.39 is 6.09 Å². The Bertz CT molecular complexity index is 735. The number of ether oxygens (including phenoxy) is 1. The van der Waals surface area contributed by atoms with Crippen molar-refractivity contribution in [2.24, 2.45) is 0 Å². The van der Waals surface area contributed by atoms with E-state index in [9.17, 15) is 4.79 Å². The van der Waals surface area contributed by atoms with Crippen LogP contribution in [0.1, 0.15) is 25.8 Å². The number of hydrogen-bond donors (Lipinski definition) is 2. The molecule has 2 N–H and O–H groups in total. The summed E-state index contributed by atoms with van der Waals surface area (Å²) in [4.78, 5) is 21.8. The molecule has 1 aliphatic heterocycles. The molecule has 6 nitrogen and oxygen atoms in total. The van der Waals surface area contributed by atoms with Gasteiger partial charge in [-0.3, -0.25) is 10.2 Å². The van der Waals surface area contributed by atoms with E-state index in [1.165, 1.54) is 5.57 Å². The molecule has 0 fully saturated rings. The number of amides is 1. The van der Waals surface area contributed by atoms with E-state index >= 15 is 0 Å². The van der Waals surface area contributed by atoms with Gasteiger partial charge in [-0.15, -0.1) is 0 Å². The largest absolute Gasteiger partial charge is 0.450 e. The highest BCUT2D eigenvalue weighted by Gasteiger charge is 2.16. The highest BCUT2D eigenvalue weighted by atomic mass is 16.5. The van der Waals surface area contributed by atoms with Gasteiger partial charge in [0.25, 0.3) is 0 Å². The zero-order valence-electron chi connectivity index (χ0n) is 13.6. The van der Waals surface area contributed by atoms with Crippen LogP contribution in [0.3, 0.4) is 0 Å². The molecule has 1 amide bonds. The molecule has 3 rings (SSSR count). The van der Waals surface area contributed by atoms with Gasteiger partial charge in [0.15, 0.2) is 0 Å². The number of aromatic amines is 1. The summed E-state index contributed by atoms with van der Waals surface area (Å²) in [5.74, 6) is 0.503. The number of nitrogens with zero attached hydrogens (tertiary/aromatic N) is 2. The van der Waals surface area contributed by atoms with Gasteiger partial charge in [0, 0.05) is 24.8 Å². The van der Waals surface area contributed by atoms with Crippen molar-refractivity contribution in [3.63, 3.8) is 0 Å². The van der Waals surface area contributed by atoms with Crippen LogP contribution in [0.5, 0.6) is 0 Å². The molecule has 2 aromatic rings. The molecule has 0 atom stereocenters. The zero-order valence-corrected chi connectivity index (χ0v) is 13.6. The third-order valence-electron chi connectivity index (χ3n) is 4.11. The fraction of sp³-hybridized carbons (Fsp3) is 0.412. The van der Waals surface area contributed by atoms with Gasteiger partial charge in [0.2, 0.25) is 0 Å². The summed E-state index contributed by atoms with van der Waals surface area (Å²) < 4.78 is 4.90. The molecule has 0 aromatic carbocycles. The molecule has 0 bridgehead atoms. The Balaban J connectivity index is 1.87. The van der Waals surface area contributed by atoms with Gasteiger partial charge in [-0.1, -0.05) is 13.0 Å². The van der Waals surface area contributed by atoms with Gasteiger partial charge < -0.3 is 9.72 Å². The van der Waals surface area contributed by atoms with E-state index in [1.54, 1.807) is 13.0 Å². The Morgan fingerprint density at radius 1 is 1.43 bits per heavy atom. The molecule has 0 saturated heterocycles. The summed E-state index contributed by atoms with van der Waals surface area (Å²) >= 11 is 0. The third-order valence-corrected chi connectivity index (χ3v) is 4.11. The van der Waals surface area contributed by atoms with Crippen LogP contribution < -0.4 is 5.32 Å². The molecule has 0 saturated carbocycles. The minimum atomic E-state index is -0.480. The van der Waals surface area contributed by atoms with Gasteiger partial charge >= 0.3 is 6.09 Å². The average molecular weight is 314 g/mol. The van der Waals surface area contributed by atoms with Crippen LogP contribution >= 0.6 is 0 Å². The predicted octanol–water partition coefficient (Wildman–Crippen LogP) is 3.24. The summed E-state index contributed by atoms with van der Waals surface area (Å²) in [5.41, 5.74) is 4.27. The Morgan fingerprint density at radius 2 is 2.30 bits per heavy atom. The molecule has 23 heavy (non-hydrogen) atoms. The van der Waals surface area contributed by atoms with Crippen LogP contribution in [0.2, 0.25) is 0 Å². The fourth-order valence-corrected chi connectivity index (χ4v) is 2.83. The number of fused-ring (bicyclic) bond motifs is 1. The molecule has 1 aliphatic rings. The molecular formula is C17H22N4O2. The second-order valence-electron chi connectivity index (χ2n) is 5.51. The number of carbonyl (C=O) groups excluding carboxylic acids is 1. The maximum absolute atomic E-state index is 11.5. The number of nitrogens with one attached hydrogen (secondary N) is 2. The fourth-order valence-electron chi connectivity index (χ4n) is 2.83. The molecular weight excluding hydrogens is 292 g/mol. The Kier molecular flexibility index (Phi) is 4.62. The summed E-state index contributed by atoms with van der Waals surface area (Å²) in [5, 5.41) is 2.66. The van der Waals surface area contributed by atoms with Crippen molar-refractivity contribution in [1.29, 1.82) is 0 Å². The number of H-pyrrole nitrogens is 1. The lowest BCUT2D eigenvalue weighted by molar-refractivity contribution is 0.168. The molecule has 122 valence electrons. The predicted molar refractivity (Wildman–Crippen MR) is 91.4 cm³/mol. The van der Waals surface area contributed by atoms with Crippen LogP contribution in [0.25, 0.3) is 16.6 Å². The first-order chi connectivity index (χ1) is 11.2. The van der Waals surface area contributed by atoms with Crippen molar-refractivity contribution in [1.82, 2.24) is 14.9 Å². The average Bonchev–Trinajstić information content (AvgIpc) is 2.98. The highest BCUT2D eigenvalue weighted by molar-refractivity contribution is 5.92. The molecule has 6 heteroatoms. The molecule has 0 radical (unpaired) electrons. The van der Waals surface area contributed by atoms with Gasteiger partial charge in [-0.25, -0.2) is 9.78 Å². The van der Waals surface area contributed by atoms with E-state index in [2.05, 4.69) is 33.2 Å². The zero-order chi connectivity index (χ0) is 16.2. The lowest BCUT2D eigenvalue weighted by atomic mass is 10.0. The van der Waals surface area contributed by atoms with Crippen molar-refractivity contribution >= 4 is 28.5 Å². The smallest absolute Gasteiger partial charge is 0.412 e. The van der Waals surface area contributed by atoms with Crippen LogP contribution in [-0.2, 0) is 4.74 Å². The number of rotatable bonds is 4. The molecule has 0 unspecified atom stereocenters. The molecule has 2 aromatic heterocycles. The van der Waals surface area contributed by atoms with E-state index in [4.69, 9.17) is 4.74 Å². The Hall–Kier alpha value is -2.34. The van der Waals surface area contributed by atoms with Crippen molar-refractivity contribution < 1.29 is 9.53 Å². The van der Waals surface area contributed by atoms with Crippen LogP contribution in [0.4, 0.5) is 10.6 Å². The first-order valence-corrected chi connectivity index (χ1v) is 8.05. The summed E-state index contributed by atoms with van der Waals surface area (Å²) in [6.45, 7) is 7.40. The van der Waals surface area contributed by atoms with Crippen LogP contribution in [0.15, 0.2) is 24.4 Å². The van der Waals surface area contributed by atoms with Gasteiger partial charge in [0.1, 0.15) is 5.82 Å². The maximum atomic E-state index is 11.5. The number of aromatic nitrogens is 2. The van der Waals surface area contributed by atoms with Crippen LogP contribution in [0, 0.1) is 0 Å². The number of carbonyl (C=O) groups is 1. The number of anilines is 1. The first kappa shape index (κ1) is 15.6. The van der Waals surface area contributed by atoms with E-state index in [0.717, 1.165) is 42.7 Å². The molecule has 0 aliphatic carbocycles. The lowest BCUT2D eigenvalue weighted by Crippen LogP contribution is -2.27. The van der Waals surface area contributed by atoms with Crippen molar-refractivity contribution in [3.8, 4) is 0 Å². The van der Waals surface area contributed by atoms with Crippen molar-refractivity contribution in [3.05, 3.63) is 30.0 Å². The lowest BCUT2D eigenvalue weighted by Gasteiger charge is -2.24. The van der Waals surface area contributed by atoms with Gasteiger partial charge in [0.05, 0.1) is 17.6 Å². The number of likely N-dealkylation sites (N-methyl/N-ethyl adjacent to an activating group) is 1. The second kappa shape index (κ2) is 6.83. The van der Waals surface area contributed by atoms with E-state index in [1.807, 2.05) is 12.3 Å². The normalized spacial score (nSPS) is 15.5. The van der Waals surface area contributed by atoms with Crippen molar-refractivity contribution in [2.45, 2.75) is 20.3 Å². The van der Waals surface area contributed by atoms with Crippen LogP contribution in [-0.4, -0.2) is 47.2 Å². The standard InChI is InChI=1S/C17H22N4O2/c1-3-21-9-7-12(8-10-21)13-11-18-14-5-6-15(19-16(13)14)20-17(22)23-4-2/h5-7,11,18H,3-4,8-10H2,1-2H3,(H,19,20,22). The summed E-state index contributed by atoms with van der Waals surface area (Å²) in [6.07, 6.45) is 4.80. The van der Waals surface area contributed by atoms with E-state index in [0.29, 0.717) is 12.4 Å². The van der Waals surface area contributed by atoms with E-state index in [-0.39, 0.29) is 0 Å². The second-order valence-corrected chi connectivity index (χ2v) is 5.51. The number of pyridine rings is 1. The summed E-state index contributed by atoms with van der Waals surface area (Å²) in [7, 11) is 0. The summed E-state index contributed by atoms with van der Waals surface area (Å²) in [6, 6.07) is 3.70. The third kappa shape index (κ3) is 3.37. The Labute approximate surface area is 135 Å². The number of hydrogen-bond acceptors (Lipinski definition) is 4. The van der Waals surface area contributed by atoms with Gasteiger partial charge in [-0.05, 0) is 37.6 Å². The highest BCUT2D eigenvalue weighted by Crippen LogP contribution is 2.28. The first-order valence-electron chi connectivity index (χ1n) is 8.05. The SMILES string of the molecule is CCOC(=O)Nc1ccc2[nH]cc(C3=CCN(CC)CC3)c2n1. The molecule has 3 heterocycles. The quantitative estimate of drug-likeness (QED) is 0.909.